The molecule has 0 aromatic heterocycles. The molecule has 24 heavy (non-hydrogen) atoms. The van der Waals surface area contributed by atoms with Crippen LogP contribution in [-0.4, -0.2) is 38.8 Å². The maximum absolute atomic E-state index is 12.8. The number of benzene rings is 2. The molecule has 1 aliphatic carbocycles. The van der Waals surface area contributed by atoms with Gasteiger partial charge in [-0.3, -0.25) is 14.1 Å². The fourth-order valence-corrected chi connectivity index (χ4v) is 3.65. The van der Waals surface area contributed by atoms with Gasteiger partial charge in [-0.2, -0.15) is 8.42 Å². The predicted octanol–water partition coefficient (Wildman–Crippen LogP) is 1.73. The topological polar surface area (TPSA) is 107 Å². The number of hydrogen-bond donors (Lipinski definition) is 1. The molecule has 0 spiro atoms. The molecule has 8 heteroatoms. The molecule has 0 saturated heterocycles. The molecule has 0 radical (unpaired) electrons. The van der Waals surface area contributed by atoms with Crippen molar-refractivity contribution in [3.8, 4) is 11.5 Å². The zero-order valence-electron chi connectivity index (χ0n) is 12.7. The molecule has 2 aromatic rings. The number of methoxy groups -OCH3 is 2. The van der Waals surface area contributed by atoms with Gasteiger partial charge in [0, 0.05) is 16.7 Å². The quantitative estimate of drug-likeness (QED) is 0.718. The van der Waals surface area contributed by atoms with Crippen LogP contribution in [0.1, 0.15) is 31.8 Å². The van der Waals surface area contributed by atoms with E-state index in [0.717, 1.165) is 0 Å². The van der Waals surface area contributed by atoms with Crippen molar-refractivity contribution in [2.75, 3.05) is 14.2 Å². The number of carbonyl (C=O) groups excluding carboxylic acids is 2. The summed E-state index contributed by atoms with van der Waals surface area (Å²) >= 11 is 0. The molecule has 0 unspecified atom stereocenters. The molecule has 0 saturated carbocycles. The van der Waals surface area contributed by atoms with Crippen LogP contribution in [0, 0.1) is 0 Å². The Morgan fingerprint density at radius 2 is 1.50 bits per heavy atom. The van der Waals surface area contributed by atoms with Crippen LogP contribution >= 0.6 is 0 Å². The summed E-state index contributed by atoms with van der Waals surface area (Å²) in [7, 11) is -2.44. The van der Waals surface area contributed by atoms with Crippen molar-refractivity contribution in [1.82, 2.24) is 0 Å². The lowest BCUT2D eigenvalue weighted by Gasteiger charge is -2.22. The summed E-state index contributed by atoms with van der Waals surface area (Å²) in [6.45, 7) is 0. The van der Waals surface area contributed by atoms with Crippen molar-refractivity contribution in [3.05, 3.63) is 52.6 Å². The van der Waals surface area contributed by atoms with Gasteiger partial charge in [0.1, 0.15) is 0 Å². The van der Waals surface area contributed by atoms with Gasteiger partial charge in [-0.1, -0.05) is 24.3 Å². The van der Waals surface area contributed by atoms with E-state index in [-0.39, 0.29) is 28.2 Å². The third-order valence-corrected chi connectivity index (χ3v) is 4.68. The molecule has 0 amide bonds. The van der Waals surface area contributed by atoms with Crippen LogP contribution < -0.4 is 9.47 Å². The minimum atomic E-state index is -4.86. The summed E-state index contributed by atoms with van der Waals surface area (Å²) in [5, 5.41) is 0. The van der Waals surface area contributed by atoms with E-state index in [1.54, 1.807) is 12.1 Å². The maximum Gasteiger partial charge on any atom is 0.299 e. The molecule has 3 rings (SSSR count). The third kappa shape index (κ3) is 2.19. The fraction of sp³-hybridized carbons (Fsp3) is 0.125. The van der Waals surface area contributed by atoms with Gasteiger partial charge in [0.15, 0.2) is 28.0 Å². The fourth-order valence-electron chi connectivity index (χ4n) is 2.77. The van der Waals surface area contributed by atoms with Gasteiger partial charge < -0.3 is 9.47 Å². The third-order valence-electron chi connectivity index (χ3n) is 3.77. The summed E-state index contributed by atoms with van der Waals surface area (Å²) in [6, 6.07) is 7.28. The van der Waals surface area contributed by atoms with E-state index in [1.165, 1.54) is 32.4 Å². The average molecular weight is 348 g/mol. The molecule has 1 aliphatic rings. The van der Waals surface area contributed by atoms with Gasteiger partial charge in [-0.15, -0.1) is 0 Å². The SMILES string of the molecule is COc1cc2c(c(S(=O)(=O)O)c1OC)C(=O)c1ccccc1C2=O. The molecule has 124 valence electrons. The number of ether oxygens (including phenoxy) is 2. The van der Waals surface area contributed by atoms with Crippen LogP contribution in [0.4, 0.5) is 0 Å². The van der Waals surface area contributed by atoms with Crippen molar-refractivity contribution < 1.29 is 32.0 Å². The molecule has 1 N–H and O–H groups in total. The van der Waals surface area contributed by atoms with E-state index >= 15 is 0 Å². The van der Waals surface area contributed by atoms with Crippen LogP contribution in [0.25, 0.3) is 0 Å². The second-order valence-electron chi connectivity index (χ2n) is 5.04. The molecular formula is C16H12O7S. The van der Waals surface area contributed by atoms with Crippen molar-refractivity contribution in [2.45, 2.75) is 4.90 Å². The van der Waals surface area contributed by atoms with E-state index in [9.17, 15) is 22.6 Å². The molecule has 2 aromatic carbocycles. The minimum absolute atomic E-state index is 0.0621. The number of hydrogen-bond acceptors (Lipinski definition) is 6. The van der Waals surface area contributed by atoms with Crippen LogP contribution in [0.3, 0.4) is 0 Å². The Balaban J connectivity index is 2.49. The van der Waals surface area contributed by atoms with Crippen LogP contribution in [0.5, 0.6) is 11.5 Å². The Morgan fingerprint density at radius 1 is 0.917 bits per heavy atom. The zero-order chi connectivity index (χ0) is 17.6. The molecule has 0 bridgehead atoms. The van der Waals surface area contributed by atoms with Crippen molar-refractivity contribution in [2.24, 2.45) is 0 Å². The van der Waals surface area contributed by atoms with E-state index in [4.69, 9.17) is 9.47 Å². The van der Waals surface area contributed by atoms with Gasteiger partial charge in [0.05, 0.1) is 19.8 Å². The monoisotopic (exact) mass is 348 g/mol. The first kappa shape index (κ1) is 16.2. The first-order valence-corrected chi connectivity index (χ1v) is 8.20. The second kappa shape index (κ2) is 5.43. The normalized spacial score (nSPS) is 13.3. The Hall–Kier alpha value is -2.71. The summed E-state index contributed by atoms with van der Waals surface area (Å²) in [6.07, 6.45) is 0. The van der Waals surface area contributed by atoms with Gasteiger partial charge in [0.2, 0.25) is 0 Å². The average Bonchev–Trinajstić information content (AvgIpc) is 2.56. The summed E-state index contributed by atoms with van der Waals surface area (Å²) in [5.74, 6) is -1.64. The highest BCUT2D eigenvalue weighted by Crippen LogP contribution is 2.42. The largest absolute Gasteiger partial charge is 0.493 e. The molecule has 0 aliphatic heterocycles. The van der Waals surface area contributed by atoms with Gasteiger partial charge in [-0.05, 0) is 6.07 Å². The number of rotatable bonds is 3. The summed E-state index contributed by atoms with van der Waals surface area (Å²) < 4.78 is 43.4. The Labute approximate surface area is 137 Å². The first-order chi connectivity index (χ1) is 11.3. The van der Waals surface area contributed by atoms with Crippen molar-refractivity contribution in [3.63, 3.8) is 0 Å². The summed E-state index contributed by atoms with van der Waals surface area (Å²) in [5.41, 5.74) is -0.363. The molecule has 0 fully saturated rings. The van der Waals surface area contributed by atoms with Gasteiger partial charge >= 0.3 is 0 Å². The number of fused-ring (bicyclic) bond motifs is 2. The van der Waals surface area contributed by atoms with E-state index in [1.807, 2.05) is 0 Å². The second-order valence-corrected chi connectivity index (χ2v) is 6.40. The first-order valence-electron chi connectivity index (χ1n) is 6.76. The molecule has 7 nitrogen and oxygen atoms in total. The highest BCUT2D eigenvalue weighted by Gasteiger charge is 2.38. The Morgan fingerprint density at radius 3 is 2.00 bits per heavy atom. The smallest absolute Gasteiger partial charge is 0.299 e. The highest BCUT2D eigenvalue weighted by atomic mass is 32.2. The lowest BCUT2D eigenvalue weighted by Crippen LogP contribution is -2.24. The minimum Gasteiger partial charge on any atom is -0.493 e. The summed E-state index contributed by atoms with van der Waals surface area (Å²) in [4.78, 5) is 24.7. The van der Waals surface area contributed by atoms with E-state index in [2.05, 4.69) is 0 Å². The van der Waals surface area contributed by atoms with Gasteiger partial charge in [-0.25, -0.2) is 0 Å². The molecule has 0 heterocycles. The van der Waals surface area contributed by atoms with Crippen molar-refractivity contribution >= 4 is 21.7 Å². The highest BCUT2D eigenvalue weighted by molar-refractivity contribution is 7.86. The number of ketones is 2. The Bertz CT molecular complexity index is 990. The maximum atomic E-state index is 12.8. The lowest BCUT2D eigenvalue weighted by atomic mass is 9.83. The van der Waals surface area contributed by atoms with Crippen LogP contribution in [0.2, 0.25) is 0 Å². The van der Waals surface area contributed by atoms with Gasteiger partial charge in [0.25, 0.3) is 10.1 Å². The lowest BCUT2D eigenvalue weighted by molar-refractivity contribution is 0.0975. The molecule has 0 atom stereocenters. The Kier molecular flexibility index (Phi) is 3.66. The van der Waals surface area contributed by atoms with E-state index < -0.39 is 32.1 Å². The van der Waals surface area contributed by atoms with Crippen molar-refractivity contribution in [1.29, 1.82) is 0 Å². The standard InChI is InChI=1S/C16H12O7S/c1-22-11-7-10-12(16(15(11)23-2)24(19,20)21)14(18)9-6-4-3-5-8(9)13(10)17/h3-7H,1-2H3,(H,19,20,21). The molecular weight excluding hydrogens is 336 g/mol. The zero-order valence-corrected chi connectivity index (χ0v) is 13.5. The predicted molar refractivity (Wildman–Crippen MR) is 82.7 cm³/mol. The van der Waals surface area contributed by atoms with Crippen LogP contribution in [0.15, 0.2) is 35.2 Å². The van der Waals surface area contributed by atoms with Crippen LogP contribution in [-0.2, 0) is 10.1 Å². The number of carbonyl (C=O) groups is 2. The van der Waals surface area contributed by atoms with E-state index in [0.29, 0.717) is 0 Å².